The lowest BCUT2D eigenvalue weighted by molar-refractivity contribution is -0.116. The number of anilines is 1. The largest absolute Gasteiger partial charge is 0.311 e. The molecule has 0 unspecified atom stereocenters. The summed E-state index contributed by atoms with van der Waals surface area (Å²) in [6.07, 6.45) is 3.12. The number of nitrogens with zero attached hydrogens (tertiary/aromatic N) is 4. The van der Waals surface area contributed by atoms with E-state index >= 15 is 0 Å². The predicted molar refractivity (Wildman–Crippen MR) is 114 cm³/mol. The van der Waals surface area contributed by atoms with Crippen molar-refractivity contribution in [1.29, 1.82) is 0 Å². The van der Waals surface area contributed by atoms with Gasteiger partial charge in [-0.15, -0.1) is 11.3 Å². The number of aromatic nitrogens is 4. The Labute approximate surface area is 175 Å². The van der Waals surface area contributed by atoms with Crippen molar-refractivity contribution in [3.8, 4) is 0 Å². The Morgan fingerprint density at radius 2 is 2.03 bits per heavy atom. The summed E-state index contributed by atoms with van der Waals surface area (Å²) in [7, 11) is 0. The zero-order valence-corrected chi connectivity index (χ0v) is 17.4. The molecular formula is C21H20FN5O2S. The SMILES string of the molecule is Cc1sc2ncn(CCC(=O)Nc3ccnn3Cc3ccccc3F)c(=O)c2c1C. The quantitative estimate of drug-likeness (QED) is 0.513. The van der Waals surface area contributed by atoms with Crippen molar-refractivity contribution < 1.29 is 9.18 Å². The van der Waals surface area contributed by atoms with Crippen LogP contribution in [0, 0.1) is 19.7 Å². The molecule has 4 rings (SSSR count). The van der Waals surface area contributed by atoms with Gasteiger partial charge in [0, 0.05) is 29.5 Å². The molecule has 154 valence electrons. The van der Waals surface area contributed by atoms with E-state index in [4.69, 9.17) is 0 Å². The van der Waals surface area contributed by atoms with E-state index in [9.17, 15) is 14.0 Å². The van der Waals surface area contributed by atoms with Crippen molar-refractivity contribution in [2.24, 2.45) is 0 Å². The fourth-order valence-electron chi connectivity index (χ4n) is 3.21. The van der Waals surface area contributed by atoms with Gasteiger partial charge >= 0.3 is 0 Å². The van der Waals surface area contributed by atoms with E-state index in [1.807, 2.05) is 13.8 Å². The third-order valence-corrected chi connectivity index (χ3v) is 6.11. The molecule has 4 aromatic rings. The minimum atomic E-state index is -0.327. The number of benzene rings is 1. The highest BCUT2D eigenvalue weighted by Crippen LogP contribution is 2.25. The maximum absolute atomic E-state index is 13.9. The Kier molecular flexibility index (Phi) is 5.45. The second-order valence-corrected chi connectivity index (χ2v) is 8.17. The van der Waals surface area contributed by atoms with Gasteiger partial charge in [0.15, 0.2) is 0 Å². The van der Waals surface area contributed by atoms with Crippen molar-refractivity contribution in [3.05, 3.63) is 75.0 Å². The van der Waals surface area contributed by atoms with E-state index in [-0.39, 0.29) is 36.8 Å². The minimum Gasteiger partial charge on any atom is -0.311 e. The molecule has 0 spiro atoms. The number of nitrogens with one attached hydrogen (secondary N) is 1. The number of thiophene rings is 1. The van der Waals surface area contributed by atoms with Crippen molar-refractivity contribution >= 4 is 33.3 Å². The standard InChI is InChI=1S/C21H20FN5O2S/c1-13-14(2)30-20-19(13)21(29)26(12-23-20)10-8-18(28)25-17-7-9-24-27(17)11-15-5-3-4-6-16(15)22/h3-7,9,12H,8,10-11H2,1-2H3,(H,25,28). The monoisotopic (exact) mass is 425 g/mol. The fraction of sp³-hybridized carbons (Fsp3) is 0.238. The highest BCUT2D eigenvalue weighted by molar-refractivity contribution is 7.18. The molecule has 0 radical (unpaired) electrons. The van der Waals surface area contributed by atoms with E-state index in [1.165, 1.54) is 33.0 Å². The third-order valence-electron chi connectivity index (χ3n) is 5.00. The maximum atomic E-state index is 13.9. The van der Waals surface area contributed by atoms with Gasteiger partial charge < -0.3 is 5.32 Å². The summed E-state index contributed by atoms with van der Waals surface area (Å²) in [6, 6.07) is 8.08. The molecule has 0 fully saturated rings. The number of amides is 1. The summed E-state index contributed by atoms with van der Waals surface area (Å²) in [5.74, 6) is -0.129. The Hall–Kier alpha value is -3.33. The molecule has 0 bridgehead atoms. The number of fused-ring (bicyclic) bond motifs is 1. The van der Waals surface area contributed by atoms with E-state index in [0.717, 1.165) is 10.4 Å². The maximum Gasteiger partial charge on any atom is 0.262 e. The highest BCUT2D eigenvalue weighted by atomic mass is 32.1. The van der Waals surface area contributed by atoms with E-state index in [2.05, 4.69) is 15.4 Å². The number of hydrogen-bond acceptors (Lipinski definition) is 5. The molecule has 0 atom stereocenters. The van der Waals surface area contributed by atoms with Gasteiger partial charge in [0.2, 0.25) is 5.91 Å². The lowest BCUT2D eigenvalue weighted by Gasteiger charge is -2.10. The summed E-state index contributed by atoms with van der Waals surface area (Å²) in [5, 5.41) is 7.55. The van der Waals surface area contributed by atoms with Crippen LogP contribution >= 0.6 is 11.3 Å². The van der Waals surface area contributed by atoms with E-state index < -0.39 is 0 Å². The first-order valence-electron chi connectivity index (χ1n) is 9.44. The molecule has 1 amide bonds. The normalized spacial score (nSPS) is 11.2. The van der Waals surface area contributed by atoms with Gasteiger partial charge in [0.25, 0.3) is 5.56 Å². The van der Waals surface area contributed by atoms with Gasteiger partial charge in [0.1, 0.15) is 16.5 Å². The molecular weight excluding hydrogens is 405 g/mol. The molecule has 3 aromatic heterocycles. The van der Waals surface area contributed by atoms with Gasteiger partial charge in [-0.3, -0.25) is 14.2 Å². The Morgan fingerprint density at radius 1 is 1.23 bits per heavy atom. The Bertz CT molecular complexity index is 1290. The summed E-state index contributed by atoms with van der Waals surface area (Å²) in [4.78, 5) is 31.3. The molecule has 1 aromatic carbocycles. The summed E-state index contributed by atoms with van der Waals surface area (Å²) < 4.78 is 16.9. The van der Waals surface area contributed by atoms with Crippen LogP contribution in [0.2, 0.25) is 0 Å². The lowest BCUT2D eigenvalue weighted by Crippen LogP contribution is -2.24. The van der Waals surface area contributed by atoms with Gasteiger partial charge in [-0.05, 0) is 25.5 Å². The summed E-state index contributed by atoms with van der Waals surface area (Å²) in [6.45, 7) is 4.28. The summed E-state index contributed by atoms with van der Waals surface area (Å²) >= 11 is 1.49. The van der Waals surface area contributed by atoms with Crippen LogP contribution in [0.5, 0.6) is 0 Å². The molecule has 0 aliphatic heterocycles. The molecule has 0 saturated carbocycles. The van der Waals surface area contributed by atoms with Crippen LogP contribution in [0.1, 0.15) is 22.4 Å². The van der Waals surface area contributed by atoms with Crippen LogP contribution in [0.3, 0.4) is 0 Å². The molecule has 30 heavy (non-hydrogen) atoms. The molecule has 1 N–H and O–H groups in total. The van der Waals surface area contributed by atoms with Gasteiger partial charge in [-0.2, -0.15) is 5.10 Å². The molecule has 7 nitrogen and oxygen atoms in total. The number of carbonyl (C=O) groups is 1. The number of halogens is 1. The van der Waals surface area contributed by atoms with Crippen LogP contribution in [0.25, 0.3) is 10.2 Å². The van der Waals surface area contributed by atoms with Gasteiger partial charge in [-0.1, -0.05) is 18.2 Å². The Balaban J connectivity index is 1.44. The van der Waals surface area contributed by atoms with Crippen LogP contribution in [0.4, 0.5) is 10.2 Å². The molecule has 0 saturated heterocycles. The Morgan fingerprint density at radius 3 is 2.83 bits per heavy atom. The van der Waals surface area contributed by atoms with Crippen molar-refractivity contribution in [1.82, 2.24) is 19.3 Å². The minimum absolute atomic E-state index is 0.0974. The number of carbonyl (C=O) groups excluding carboxylic acids is 1. The molecule has 3 heterocycles. The van der Waals surface area contributed by atoms with E-state index in [1.54, 1.807) is 30.5 Å². The van der Waals surface area contributed by atoms with Crippen LogP contribution < -0.4 is 10.9 Å². The summed E-state index contributed by atoms with van der Waals surface area (Å²) in [5.41, 5.74) is 1.27. The van der Waals surface area contributed by atoms with E-state index in [0.29, 0.717) is 21.6 Å². The van der Waals surface area contributed by atoms with Gasteiger partial charge in [0.05, 0.1) is 24.5 Å². The highest BCUT2D eigenvalue weighted by Gasteiger charge is 2.14. The lowest BCUT2D eigenvalue weighted by atomic mass is 10.2. The average Bonchev–Trinajstić information content (AvgIpc) is 3.27. The number of aryl methyl sites for hydroxylation is 3. The topological polar surface area (TPSA) is 81.8 Å². The van der Waals surface area contributed by atoms with Crippen LogP contribution in [-0.2, 0) is 17.9 Å². The van der Waals surface area contributed by atoms with Gasteiger partial charge in [-0.25, -0.2) is 14.1 Å². The average molecular weight is 425 g/mol. The fourth-order valence-corrected chi connectivity index (χ4v) is 4.20. The van der Waals surface area contributed by atoms with Crippen molar-refractivity contribution in [2.45, 2.75) is 33.4 Å². The number of hydrogen-bond donors (Lipinski definition) is 1. The third kappa shape index (κ3) is 3.88. The second kappa shape index (κ2) is 8.19. The first kappa shape index (κ1) is 20.0. The zero-order valence-electron chi connectivity index (χ0n) is 16.6. The molecule has 0 aliphatic rings. The first-order chi connectivity index (χ1) is 14.4. The molecule has 9 heteroatoms. The zero-order chi connectivity index (χ0) is 21.3. The molecule has 0 aliphatic carbocycles. The van der Waals surface area contributed by atoms with Crippen molar-refractivity contribution in [2.75, 3.05) is 5.32 Å². The first-order valence-corrected chi connectivity index (χ1v) is 10.3. The number of rotatable bonds is 6. The van der Waals surface area contributed by atoms with Crippen molar-refractivity contribution in [3.63, 3.8) is 0 Å². The second-order valence-electron chi connectivity index (χ2n) is 6.97. The predicted octanol–water partition coefficient (Wildman–Crippen LogP) is 3.49. The smallest absolute Gasteiger partial charge is 0.262 e. The van der Waals surface area contributed by atoms with Crippen LogP contribution in [-0.4, -0.2) is 25.2 Å². The van der Waals surface area contributed by atoms with Crippen LogP contribution in [0.15, 0.2) is 47.7 Å².